The van der Waals surface area contributed by atoms with Crippen LogP contribution in [0.3, 0.4) is 0 Å². The van der Waals surface area contributed by atoms with E-state index in [2.05, 4.69) is 20.9 Å². The number of rotatable bonds is 4. The van der Waals surface area contributed by atoms with Crippen molar-refractivity contribution in [3.05, 3.63) is 102 Å². The molecule has 0 atom stereocenters. The molecule has 2 amide bonds. The van der Waals surface area contributed by atoms with Gasteiger partial charge in [0.2, 0.25) is 0 Å². The highest BCUT2D eigenvalue weighted by Gasteiger charge is 2.19. The Bertz CT molecular complexity index is 1190. The van der Waals surface area contributed by atoms with E-state index < -0.39 is 11.8 Å². The van der Waals surface area contributed by atoms with Crippen molar-refractivity contribution in [1.82, 2.24) is 25.6 Å². The molecule has 0 aliphatic carbocycles. The third-order valence-electron chi connectivity index (χ3n) is 4.48. The second-order valence-electron chi connectivity index (χ2n) is 6.69. The first kappa shape index (κ1) is 19.1. The lowest BCUT2D eigenvalue weighted by molar-refractivity contribution is 0.0847. The standard InChI is InChI=1S/C23H19N5O2/c1-16-7-5-8-17(13-16)21-20(15-28(27-21)19-10-3-2-4-11-19)23(30)26-25-22(29)18-9-6-12-24-14-18/h2-15H,1H3,(H,25,29)(H,26,30). The van der Waals surface area contributed by atoms with Gasteiger partial charge in [-0.2, -0.15) is 5.10 Å². The minimum atomic E-state index is -0.467. The Hall–Kier alpha value is -4.26. The molecule has 7 nitrogen and oxygen atoms in total. The van der Waals surface area contributed by atoms with Crippen molar-refractivity contribution in [1.29, 1.82) is 0 Å². The Kier molecular flexibility index (Phi) is 5.34. The van der Waals surface area contributed by atoms with Gasteiger partial charge in [-0.05, 0) is 37.3 Å². The number of carbonyl (C=O) groups excluding carboxylic acids is 2. The molecule has 0 saturated heterocycles. The molecule has 2 heterocycles. The lowest BCUT2D eigenvalue weighted by Gasteiger charge is -2.07. The Morgan fingerprint density at radius 1 is 0.900 bits per heavy atom. The van der Waals surface area contributed by atoms with Gasteiger partial charge in [-0.1, -0.05) is 42.0 Å². The first-order valence-electron chi connectivity index (χ1n) is 9.34. The number of aromatic nitrogens is 3. The predicted molar refractivity (Wildman–Crippen MR) is 113 cm³/mol. The van der Waals surface area contributed by atoms with Crippen molar-refractivity contribution in [3.8, 4) is 16.9 Å². The number of hydrazine groups is 1. The van der Waals surface area contributed by atoms with Crippen LogP contribution in [0.25, 0.3) is 16.9 Å². The molecular formula is C23H19N5O2. The van der Waals surface area contributed by atoms with Gasteiger partial charge in [0.25, 0.3) is 11.8 Å². The highest BCUT2D eigenvalue weighted by Crippen LogP contribution is 2.24. The molecule has 0 unspecified atom stereocenters. The fourth-order valence-electron chi connectivity index (χ4n) is 3.01. The minimum absolute atomic E-state index is 0.343. The lowest BCUT2D eigenvalue weighted by atomic mass is 10.1. The van der Waals surface area contributed by atoms with Gasteiger partial charge >= 0.3 is 0 Å². The Balaban J connectivity index is 1.64. The number of para-hydroxylation sites is 1. The molecular weight excluding hydrogens is 378 g/mol. The van der Waals surface area contributed by atoms with Crippen molar-refractivity contribution in [3.63, 3.8) is 0 Å². The number of carbonyl (C=O) groups is 2. The highest BCUT2D eigenvalue weighted by atomic mass is 16.2. The largest absolute Gasteiger partial charge is 0.273 e. The van der Waals surface area contributed by atoms with Crippen LogP contribution in [0.15, 0.2) is 85.3 Å². The Morgan fingerprint density at radius 3 is 2.43 bits per heavy atom. The molecule has 0 aliphatic rings. The summed E-state index contributed by atoms with van der Waals surface area (Å²) in [6.45, 7) is 1.98. The van der Waals surface area contributed by atoms with Crippen LogP contribution < -0.4 is 10.9 Å². The molecule has 2 N–H and O–H groups in total. The van der Waals surface area contributed by atoms with Crippen LogP contribution in [0.5, 0.6) is 0 Å². The second-order valence-corrected chi connectivity index (χ2v) is 6.69. The van der Waals surface area contributed by atoms with Crippen molar-refractivity contribution < 1.29 is 9.59 Å². The summed E-state index contributed by atoms with van der Waals surface area (Å²) < 4.78 is 1.65. The summed E-state index contributed by atoms with van der Waals surface area (Å²) in [5.41, 5.74) is 8.79. The number of benzene rings is 2. The van der Waals surface area contributed by atoms with E-state index in [1.807, 2.05) is 61.5 Å². The predicted octanol–water partition coefficient (Wildman–Crippen LogP) is 3.32. The molecule has 2 aromatic heterocycles. The molecule has 2 aromatic carbocycles. The molecule has 0 fully saturated rings. The first-order chi connectivity index (χ1) is 14.6. The van der Waals surface area contributed by atoms with E-state index in [4.69, 9.17) is 0 Å². The SMILES string of the molecule is Cc1cccc(-c2nn(-c3ccccc3)cc2C(=O)NNC(=O)c2cccnc2)c1. The van der Waals surface area contributed by atoms with E-state index in [1.165, 1.54) is 6.20 Å². The van der Waals surface area contributed by atoms with Crippen LogP contribution in [0.1, 0.15) is 26.3 Å². The van der Waals surface area contributed by atoms with E-state index in [0.29, 0.717) is 16.8 Å². The Labute approximate surface area is 173 Å². The van der Waals surface area contributed by atoms with Crippen LogP contribution in [-0.4, -0.2) is 26.6 Å². The average molecular weight is 397 g/mol. The van der Waals surface area contributed by atoms with Gasteiger partial charge in [0.15, 0.2) is 0 Å². The molecule has 4 rings (SSSR count). The summed E-state index contributed by atoms with van der Waals surface area (Å²) in [5, 5.41) is 4.63. The van der Waals surface area contributed by atoms with Crippen LogP contribution in [-0.2, 0) is 0 Å². The molecule has 0 bridgehead atoms. The van der Waals surface area contributed by atoms with Gasteiger partial charge in [0.05, 0.1) is 16.8 Å². The summed E-state index contributed by atoms with van der Waals surface area (Å²) in [6, 6.07) is 20.5. The maximum absolute atomic E-state index is 12.9. The summed E-state index contributed by atoms with van der Waals surface area (Å²) >= 11 is 0. The van der Waals surface area contributed by atoms with Gasteiger partial charge in [-0.15, -0.1) is 0 Å². The van der Waals surface area contributed by atoms with Crippen molar-refractivity contribution in [2.45, 2.75) is 6.92 Å². The summed E-state index contributed by atoms with van der Waals surface area (Å²) in [5.74, 6) is -0.921. The van der Waals surface area contributed by atoms with Gasteiger partial charge < -0.3 is 0 Å². The molecule has 0 saturated carbocycles. The second kappa shape index (κ2) is 8.40. The summed E-state index contributed by atoms with van der Waals surface area (Å²) in [6.07, 6.45) is 4.65. The minimum Gasteiger partial charge on any atom is -0.267 e. The Morgan fingerprint density at radius 2 is 1.70 bits per heavy atom. The highest BCUT2D eigenvalue weighted by molar-refractivity contribution is 6.02. The number of nitrogens with zero attached hydrogens (tertiary/aromatic N) is 3. The van der Waals surface area contributed by atoms with Gasteiger partial charge in [-0.25, -0.2) is 4.68 Å². The fourth-order valence-corrected chi connectivity index (χ4v) is 3.01. The number of amides is 2. The van der Waals surface area contributed by atoms with Gasteiger partial charge in [0.1, 0.15) is 5.69 Å². The van der Waals surface area contributed by atoms with E-state index in [1.54, 1.807) is 29.2 Å². The van der Waals surface area contributed by atoms with Crippen LogP contribution in [0.4, 0.5) is 0 Å². The van der Waals surface area contributed by atoms with Crippen molar-refractivity contribution in [2.24, 2.45) is 0 Å². The van der Waals surface area contributed by atoms with E-state index in [-0.39, 0.29) is 0 Å². The monoisotopic (exact) mass is 397 g/mol. The number of pyridine rings is 1. The number of nitrogens with one attached hydrogen (secondary N) is 2. The molecule has 30 heavy (non-hydrogen) atoms. The maximum Gasteiger partial charge on any atom is 0.273 e. The van der Waals surface area contributed by atoms with Crippen LogP contribution in [0.2, 0.25) is 0 Å². The van der Waals surface area contributed by atoms with E-state index >= 15 is 0 Å². The van der Waals surface area contributed by atoms with Gasteiger partial charge in [0, 0.05) is 24.2 Å². The summed E-state index contributed by atoms with van der Waals surface area (Å²) in [7, 11) is 0. The molecule has 7 heteroatoms. The fraction of sp³-hybridized carbons (Fsp3) is 0.0435. The number of hydrogen-bond acceptors (Lipinski definition) is 4. The van der Waals surface area contributed by atoms with E-state index in [0.717, 1.165) is 16.8 Å². The topological polar surface area (TPSA) is 88.9 Å². The summed E-state index contributed by atoms with van der Waals surface area (Å²) in [4.78, 5) is 29.0. The van der Waals surface area contributed by atoms with Crippen molar-refractivity contribution >= 4 is 11.8 Å². The molecule has 0 radical (unpaired) electrons. The average Bonchev–Trinajstić information content (AvgIpc) is 3.24. The zero-order valence-electron chi connectivity index (χ0n) is 16.2. The van der Waals surface area contributed by atoms with Crippen LogP contribution >= 0.6 is 0 Å². The first-order valence-corrected chi connectivity index (χ1v) is 9.34. The maximum atomic E-state index is 12.9. The molecule has 4 aromatic rings. The third kappa shape index (κ3) is 4.10. The molecule has 0 aliphatic heterocycles. The normalized spacial score (nSPS) is 10.4. The molecule has 0 spiro atoms. The zero-order chi connectivity index (χ0) is 20.9. The number of aryl methyl sites for hydroxylation is 1. The van der Waals surface area contributed by atoms with Gasteiger partial charge in [-0.3, -0.25) is 25.4 Å². The smallest absolute Gasteiger partial charge is 0.267 e. The third-order valence-corrected chi connectivity index (χ3v) is 4.48. The van der Waals surface area contributed by atoms with E-state index in [9.17, 15) is 9.59 Å². The van der Waals surface area contributed by atoms with Crippen LogP contribution in [0, 0.1) is 6.92 Å². The zero-order valence-corrected chi connectivity index (χ0v) is 16.2. The molecule has 148 valence electrons. The quantitative estimate of drug-likeness (QED) is 0.517. The number of hydrogen-bond donors (Lipinski definition) is 2. The van der Waals surface area contributed by atoms with Crippen molar-refractivity contribution in [2.75, 3.05) is 0 Å². The lowest BCUT2D eigenvalue weighted by Crippen LogP contribution is -2.41.